The van der Waals surface area contributed by atoms with Gasteiger partial charge in [0.2, 0.25) is 5.91 Å². The number of halogens is 2. The van der Waals surface area contributed by atoms with E-state index in [0.717, 1.165) is 6.07 Å². The molecule has 2 aromatic rings. The van der Waals surface area contributed by atoms with Crippen LogP contribution in [0.25, 0.3) is 0 Å². The summed E-state index contributed by atoms with van der Waals surface area (Å²) in [6.45, 7) is 0.0779. The number of benzene rings is 2. The molecule has 2 rings (SSSR count). The highest BCUT2D eigenvalue weighted by molar-refractivity contribution is 5.76. The van der Waals surface area contributed by atoms with E-state index in [2.05, 4.69) is 5.32 Å². The van der Waals surface area contributed by atoms with Gasteiger partial charge in [-0.15, -0.1) is 0 Å². The van der Waals surface area contributed by atoms with Crippen LogP contribution in [0.3, 0.4) is 0 Å². The lowest BCUT2D eigenvalue weighted by atomic mass is 10.1. The van der Waals surface area contributed by atoms with Gasteiger partial charge in [0.05, 0.1) is 6.10 Å². The first-order valence-electron chi connectivity index (χ1n) is 7.00. The first-order valence-corrected chi connectivity index (χ1v) is 7.00. The molecule has 116 valence electrons. The van der Waals surface area contributed by atoms with Crippen molar-refractivity contribution in [1.29, 1.82) is 0 Å². The number of hydrogen-bond acceptors (Lipinski definition) is 2. The minimum absolute atomic E-state index is 0.0296. The van der Waals surface area contributed by atoms with Crippen LogP contribution < -0.4 is 5.32 Å². The molecule has 22 heavy (non-hydrogen) atoms. The van der Waals surface area contributed by atoms with Gasteiger partial charge in [-0.2, -0.15) is 0 Å². The van der Waals surface area contributed by atoms with E-state index in [-0.39, 0.29) is 30.9 Å². The molecule has 1 amide bonds. The van der Waals surface area contributed by atoms with Crippen LogP contribution in [-0.2, 0) is 11.2 Å². The predicted octanol–water partition coefficient (Wildman–Crippen LogP) is 2.75. The third kappa shape index (κ3) is 4.36. The molecule has 0 unspecified atom stereocenters. The lowest BCUT2D eigenvalue weighted by molar-refractivity contribution is -0.121. The Kier molecular flexibility index (Phi) is 5.61. The van der Waals surface area contributed by atoms with Gasteiger partial charge < -0.3 is 10.4 Å². The van der Waals surface area contributed by atoms with Crippen molar-refractivity contribution >= 4 is 5.91 Å². The zero-order valence-corrected chi connectivity index (χ0v) is 11.9. The van der Waals surface area contributed by atoms with Crippen molar-refractivity contribution in [2.75, 3.05) is 6.54 Å². The number of amides is 1. The molecule has 0 aliphatic rings. The topological polar surface area (TPSA) is 49.3 Å². The molecule has 2 N–H and O–H groups in total. The number of nitrogens with one attached hydrogen (secondary N) is 1. The Labute approximate surface area is 127 Å². The van der Waals surface area contributed by atoms with Crippen molar-refractivity contribution in [2.45, 2.75) is 18.9 Å². The van der Waals surface area contributed by atoms with Gasteiger partial charge in [0.1, 0.15) is 0 Å². The summed E-state index contributed by atoms with van der Waals surface area (Å²) in [6.07, 6.45) is -0.658. The van der Waals surface area contributed by atoms with Crippen molar-refractivity contribution in [3.63, 3.8) is 0 Å². The Balaban J connectivity index is 1.80. The van der Waals surface area contributed by atoms with E-state index in [1.54, 1.807) is 24.3 Å². The van der Waals surface area contributed by atoms with E-state index in [1.807, 2.05) is 6.07 Å². The Morgan fingerprint density at radius 1 is 1.09 bits per heavy atom. The monoisotopic (exact) mass is 305 g/mol. The van der Waals surface area contributed by atoms with E-state index >= 15 is 0 Å². The number of aliphatic hydroxyl groups excluding tert-OH is 1. The van der Waals surface area contributed by atoms with Gasteiger partial charge in [-0.05, 0) is 23.6 Å². The smallest absolute Gasteiger partial charge is 0.220 e. The van der Waals surface area contributed by atoms with Crippen molar-refractivity contribution in [3.8, 4) is 0 Å². The van der Waals surface area contributed by atoms with Crippen LogP contribution in [0.2, 0.25) is 0 Å². The highest BCUT2D eigenvalue weighted by Gasteiger charge is 2.11. The molecule has 0 spiro atoms. The standard InChI is InChI=1S/C17H17F2NO2/c18-14-8-4-7-13(17(14)19)9-10-16(22)20-11-15(21)12-5-2-1-3-6-12/h1-8,15,21H,9-11H2,(H,20,22)/t15-/m1/s1. The molecule has 2 aromatic carbocycles. The molecule has 0 aliphatic carbocycles. The van der Waals surface area contributed by atoms with Gasteiger partial charge >= 0.3 is 0 Å². The summed E-state index contributed by atoms with van der Waals surface area (Å²) in [5.41, 5.74) is 0.873. The quantitative estimate of drug-likeness (QED) is 0.862. The lowest BCUT2D eigenvalue weighted by Crippen LogP contribution is -2.28. The summed E-state index contributed by atoms with van der Waals surface area (Å²) in [4.78, 5) is 11.7. The maximum atomic E-state index is 13.4. The van der Waals surface area contributed by atoms with Crippen LogP contribution in [0.5, 0.6) is 0 Å². The van der Waals surface area contributed by atoms with E-state index in [9.17, 15) is 18.7 Å². The highest BCUT2D eigenvalue weighted by atomic mass is 19.2. The fourth-order valence-electron chi connectivity index (χ4n) is 2.08. The summed E-state index contributed by atoms with van der Waals surface area (Å²) in [6, 6.07) is 12.9. The molecule has 0 radical (unpaired) electrons. The highest BCUT2D eigenvalue weighted by Crippen LogP contribution is 2.13. The second-order valence-corrected chi connectivity index (χ2v) is 4.94. The van der Waals surface area contributed by atoms with E-state index in [1.165, 1.54) is 12.1 Å². The Bertz CT molecular complexity index is 632. The number of rotatable bonds is 6. The van der Waals surface area contributed by atoms with Gasteiger partial charge in [0.25, 0.3) is 0 Å². The summed E-state index contributed by atoms with van der Waals surface area (Å²) >= 11 is 0. The summed E-state index contributed by atoms with van der Waals surface area (Å²) in [7, 11) is 0. The van der Waals surface area contributed by atoms with Gasteiger partial charge in [0.15, 0.2) is 11.6 Å². The molecule has 3 nitrogen and oxygen atoms in total. The first kappa shape index (κ1) is 16.1. The van der Waals surface area contributed by atoms with Crippen LogP contribution in [0.4, 0.5) is 8.78 Å². The third-order valence-corrected chi connectivity index (χ3v) is 3.33. The second-order valence-electron chi connectivity index (χ2n) is 4.94. The predicted molar refractivity (Wildman–Crippen MR) is 79.1 cm³/mol. The minimum Gasteiger partial charge on any atom is -0.387 e. The van der Waals surface area contributed by atoms with Crippen molar-refractivity contribution in [1.82, 2.24) is 5.32 Å². The molecule has 0 aromatic heterocycles. The SMILES string of the molecule is O=C(CCc1cccc(F)c1F)NC[C@@H](O)c1ccccc1. The molecular formula is C17H17F2NO2. The molecular weight excluding hydrogens is 288 g/mol. The van der Waals surface area contributed by atoms with E-state index in [0.29, 0.717) is 5.56 Å². The molecule has 0 saturated heterocycles. The van der Waals surface area contributed by atoms with Crippen LogP contribution in [0.15, 0.2) is 48.5 Å². The molecule has 0 fully saturated rings. The number of carbonyl (C=O) groups is 1. The zero-order valence-electron chi connectivity index (χ0n) is 11.9. The molecule has 0 saturated carbocycles. The molecule has 0 bridgehead atoms. The minimum atomic E-state index is -0.919. The van der Waals surface area contributed by atoms with Gasteiger partial charge in [-0.3, -0.25) is 4.79 Å². The normalized spacial score (nSPS) is 12.0. The van der Waals surface area contributed by atoms with E-state index < -0.39 is 17.7 Å². The van der Waals surface area contributed by atoms with Crippen LogP contribution >= 0.6 is 0 Å². The van der Waals surface area contributed by atoms with Gasteiger partial charge in [0, 0.05) is 13.0 Å². The van der Waals surface area contributed by atoms with Gasteiger partial charge in [-0.1, -0.05) is 42.5 Å². The van der Waals surface area contributed by atoms with Gasteiger partial charge in [-0.25, -0.2) is 8.78 Å². The summed E-state index contributed by atoms with van der Waals surface area (Å²) in [5.74, 6) is -2.16. The van der Waals surface area contributed by atoms with Crippen molar-refractivity contribution in [2.24, 2.45) is 0 Å². The average Bonchev–Trinajstić information content (AvgIpc) is 2.54. The molecule has 1 atom stereocenters. The Morgan fingerprint density at radius 3 is 2.55 bits per heavy atom. The molecule has 0 heterocycles. The largest absolute Gasteiger partial charge is 0.387 e. The number of aliphatic hydroxyl groups is 1. The fraction of sp³-hybridized carbons (Fsp3) is 0.235. The number of carbonyl (C=O) groups excluding carboxylic acids is 1. The summed E-state index contributed by atoms with van der Waals surface area (Å²) < 4.78 is 26.5. The van der Waals surface area contributed by atoms with Crippen molar-refractivity contribution < 1.29 is 18.7 Å². The van der Waals surface area contributed by atoms with Crippen molar-refractivity contribution in [3.05, 3.63) is 71.3 Å². The van der Waals surface area contributed by atoms with Crippen LogP contribution in [-0.4, -0.2) is 17.6 Å². The van der Waals surface area contributed by atoms with Crippen LogP contribution in [0.1, 0.15) is 23.7 Å². The number of hydrogen-bond donors (Lipinski definition) is 2. The third-order valence-electron chi connectivity index (χ3n) is 3.33. The molecule has 0 aliphatic heterocycles. The zero-order chi connectivity index (χ0) is 15.9. The first-order chi connectivity index (χ1) is 10.6. The number of aryl methyl sites for hydroxylation is 1. The second kappa shape index (κ2) is 7.66. The molecule has 5 heteroatoms. The maximum Gasteiger partial charge on any atom is 0.220 e. The fourth-order valence-corrected chi connectivity index (χ4v) is 2.08. The van der Waals surface area contributed by atoms with E-state index in [4.69, 9.17) is 0 Å². The lowest BCUT2D eigenvalue weighted by Gasteiger charge is -2.12. The maximum absolute atomic E-state index is 13.4. The summed E-state index contributed by atoms with van der Waals surface area (Å²) in [5, 5.41) is 12.5. The Morgan fingerprint density at radius 2 is 1.82 bits per heavy atom. The average molecular weight is 305 g/mol. The Hall–Kier alpha value is -2.27. The van der Waals surface area contributed by atoms with Crippen LogP contribution in [0, 0.1) is 11.6 Å².